The van der Waals surface area contributed by atoms with Crippen LogP contribution in [0.5, 0.6) is 0 Å². The zero-order valence-electron chi connectivity index (χ0n) is 18.8. The molecule has 0 saturated carbocycles. The fraction of sp³-hybridized carbons (Fsp3) is 0.259. The number of hydrogen-bond acceptors (Lipinski definition) is 2. The summed E-state index contributed by atoms with van der Waals surface area (Å²) in [5, 5.41) is 3.45. The van der Waals surface area contributed by atoms with Gasteiger partial charge in [-0.15, -0.1) is 0 Å². The minimum atomic E-state index is -0.741. The Hall–Kier alpha value is -3.18. The number of benzene rings is 3. The van der Waals surface area contributed by atoms with Crippen LogP contribution >= 0.6 is 11.6 Å². The first kappa shape index (κ1) is 24.5. The minimum absolute atomic E-state index is 0.0567. The van der Waals surface area contributed by atoms with Gasteiger partial charge in [-0.2, -0.15) is 0 Å². The van der Waals surface area contributed by atoms with Crippen molar-refractivity contribution in [2.45, 2.75) is 45.3 Å². The number of halogens is 2. The second kappa shape index (κ2) is 11.6. The first-order valence-electron chi connectivity index (χ1n) is 10.9. The molecule has 0 heterocycles. The molecule has 2 amide bonds. The Morgan fingerprint density at radius 3 is 2.18 bits per heavy atom. The van der Waals surface area contributed by atoms with E-state index in [-0.39, 0.29) is 36.6 Å². The van der Waals surface area contributed by atoms with E-state index >= 15 is 0 Å². The van der Waals surface area contributed by atoms with E-state index in [4.69, 9.17) is 11.6 Å². The summed E-state index contributed by atoms with van der Waals surface area (Å²) < 4.78 is 13.5. The molecule has 0 unspecified atom stereocenters. The maximum atomic E-state index is 13.6. The molecule has 0 aliphatic heterocycles. The van der Waals surface area contributed by atoms with Crippen molar-refractivity contribution in [1.29, 1.82) is 0 Å². The summed E-state index contributed by atoms with van der Waals surface area (Å²) >= 11 is 6.30. The standard InChI is InChI=1S/C27H28ClFN2O2/c1-19(2)30-27(33)25(16-20-8-4-3-5-9-20)31(18-21-12-14-23(29)15-13-21)26(32)17-22-10-6-7-11-24(22)28/h3-15,19,25H,16-18H2,1-2H3,(H,30,33)/t25-/m0/s1. The van der Waals surface area contributed by atoms with Gasteiger partial charge in [-0.05, 0) is 48.7 Å². The van der Waals surface area contributed by atoms with Crippen molar-refractivity contribution in [2.24, 2.45) is 0 Å². The number of rotatable bonds is 9. The van der Waals surface area contributed by atoms with Crippen molar-refractivity contribution in [3.05, 3.63) is 106 Å². The van der Waals surface area contributed by atoms with Gasteiger partial charge in [-0.25, -0.2) is 4.39 Å². The fourth-order valence-electron chi connectivity index (χ4n) is 3.63. The van der Waals surface area contributed by atoms with Crippen molar-refractivity contribution < 1.29 is 14.0 Å². The lowest BCUT2D eigenvalue weighted by Gasteiger charge is -2.32. The molecule has 0 aliphatic rings. The summed E-state index contributed by atoms with van der Waals surface area (Å²) in [6.07, 6.45) is 0.413. The topological polar surface area (TPSA) is 49.4 Å². The molecule has 3 rings (SSSR count). The largest absolute Gasteiger partial charge is 0.352 e. The summed E-state index contributed by atoms with van der Waals surface area (Å²) in [4.78, 5) is 28.4. The molecule has 4 nitrogen and oxygen atoms in total. The van der Waals surface area contributed by atoms with Crippen molar-refractivity contribution in [3.63, 3.8) is 0 Å². The lowest BCUT2D eigenvalue weighted by atomic mass is 10.0. The van der Waals surface area contributed by atoms with Crippen LogP contribution in [0.25, 0.3) is 0 Å². The molecule has 6 heteroatoms. The first-order chi connectivity index (χ1) is 15.8. The van der Waals surface area contributed by atoms with Gasteiger partial charge in [-0.3, -0.25) is 9.59 Å². The van der Waals surface area contributed by atoms with Gasteiger partial charge < -0.3 is 10.2 Å². The van der Waals surface area contributed by atoms with E-state index in [1.54, 1.807) is 35.2 Å². The molecule has 0 fully saturated rings. The van der Waals surface area contributed by atoms with Crippen LogP contribution in [0.2, 0.25) is 5.02 Å². The van der Waals surface area contributed by atoms with E-state index in [0.29, 0.717) is 17.0 Å². The molecule has 1 N–H and O–H groups in total. The number of amides is 2. The zero-order chi connectivity index (χ0) is 23.8. The average molecular weight is 467 g/mol. The average Bonchev–Trinajstić information content (AvgIpc) is 2.79. The van der Waals surface area contributed by atoms with Crippen molar-refractivity contribution in [1.82, 2.24) is 10.2 Å². The predicted octanol–water partition coefficient (Wildman–Crippen LogP) is 5.19. The van der Waals surface area contributed by atoms with Gasteiger partial charge in [0.1, 0.15) is 11.9 Å². The maximum absolute atomic E-state index is 13.6. The normalized spacial score (nSPS) is 11.8. The molecule has 172 valence electrons. The van der Waals surface area contributed by atoms with Crippen LogP contribution in [0.15, 0.2) is 78.9 Å². The summed E-state index contributed by atoms with van der Waals surface area (Å²) in [5.74, 6) is -0.818. The van der Waals surface area contributed by atoms with E-state index < -0.39 is 6.04 Å². The van der Waals surface area contributed by atoms with Gasteiger partial charge in [0.15, 0.2) is 0 Å². The summed E-state index contributed by atoms with van der Waals surface area (Å²) in [6.45, 7) is 3.94. The lowest BCUT2D eigenvalue weighted by molar-refractivity contribution is -0.141. The smallest absolute Gasteiger partial charge is 0.243 e. The van der Waals surface area contributed by atoms with Crippen molar-refractivity contribution in [2.75, 3.05) is 0 Å². The predicted molar refractivity (Wildman–Crippen MR) is 129 cm³/mol. The Morgan fingerprint density at radius 1 is 0.909 bits per heavy atom. The van der Waals surface area contributed by atoms with E-state index in [0.717, 1.165) is 11.1 Å². The Bertz CT molecular complexity index is 1070. The third-order valence-electron chi connectivity index (χ3n) is 5.27. The number of carbonyl (C=O) groups excluding carboxylic acids is 2. The third-order valence-corrected chi connectivity index (χ3v) is 5.64. The first-order valence-corrected chi connectivity index (χ1v) is 11.3. The Kier molecular flexibility index (Phi) is 8.61. The Labute approximate surface area is 199 Å². The molecule has 0 aliphatic carbocycles. The van der Waals surface area contributed by atoms with Gasteiger partial charge in [0.2, 0.25) is 11.8 Å². The van der Waals surface area contributed by atoms with Gasteiger partial charge >= 0.3 is 0 Å². The molecule has 0 aromatic heterocycles. The SMILES string of the molecule is CC(C)NC(=O)[C@H](Cc1ccccc1)N(Cc1ccc(F)cc1)C(=O)Cc1ccccc1Cl. The molecule has 3 aromatic rings. The Morgan fingerprint density at radius 2 is 1.55 bits per heavy atom. The second-order valence-electron chi connectivity index (χ2n) is 8.29. The monoisotopic (exact) mass is 466 g/mol. The highest BCUT2D eigenvalue weighted by Crippen LogP contribution is 2.20. The van der Waals surface area contributed by atoms with Crippen LogP contribution in [0, 0.1) is 5.82 Å². The van der Waals surface area contributed by atoms with Crippen molar-refractivity contribution in [3.8, 4) is 0 Å². The Balaban J connectivity index is 1.97. The molecule has 33 heavy (non-hydrogen) atoms. The molecular weight excluding hydrogens is 439 g/mol. The molecule has 0 spiro atoms. The van der Waals surface area contributed by atoms with Crippen LogP contribution in [0.1, 0.15) is 30.5 Å². The lowest BCUT2D eigenvalue weighted by Crippen LogP contribution is -2.52. The van der Waals surface area contributed by atoms with Gasteiger partial charge in [0, 0.05) is 24.0 Å². The zero-order valence-corrected chi connectivity index (χ0v) is 19.6. The molecule has 0 saturated heterocycles. The number of hydrogen-bond donors (Lipinski definition) is 1. The summed E-state index contributed by atoms with van der Waals surface area (Å²) in [7, 11) is 0. The van der Waals surface area contributed by atoms with E-state index in [9.17, 15) is 14.0 Å². The van der Waals surface area contributed by atoms with E-state index in [1.165, 1.54) is 12.1 Å². The second-order valence-corrected chi connectivity index (χ2v) is 8.69. The third kappa shape index (κ3) is 7.16. The van der Waals surface area contributed by atoms with Crippen LogP contribution in [-0.4, -0.2) is 28.8 Å². The highest BCUT2D eigenvalue weighted by molar-refractivity contribution is 6.31. The quantitative estimate of drug-likeness (QED) is 0.472. The highest BCUT2D eigenvalue weighted by atomic mass is 35.5. The van der Waals surface area contributed by atoms with Crippen molar-refractivity contribution >= 4 is 23.4 Å². The minimum Gasteiger partial charge on any atom is -0.352 e. The number of nitrogens with one attached hydrogen (secondary N) is 1. The molecule has 0 radical (unpaired) electrons. The highest BCUT2D eigenvalue weighted by Gasteiger charge is 2.31. The number of carbonyl (C=O) groups is 2. The maximum Gasteiger partial charge on any atom is 0.243 e. The molecule has 3 aromatic carbocycles. The van der Waals surface area contributed by atoms with Crippen LogP contribution in [-0.2, 0) is 29.0 Å². The van der Waals surface area contributed by atoms with Gasteiger partial charge in [0.25, 0.3) is 0 Å². The molecule has 0 bridgehead atoms. The molecule has 1 atom stereocenters. The van der Waals surface area contributed by atoms with Crippen LogP contribution < -0.4 is 5.32 Å². The fourth-order valence-corrected chi connectivity index (χ4v) is 3.83. The van der Waals surface area contributed by atoms with Crippen LogP contribution in [0.3, 0.4) is 0 Å². The van der Waals surface area contributed by atoms with E-state index in [2.05, 4.69) is 5.32 Å². The van der Waals surface area contributed by atoms with Gasteiger partial charge in [-0.1, -0.05) is 72.3 Å². The number of nitrogens with zero attached hydrogens (tertiary/aromatic N) is 1. The molecular formula is C27H28ClFN2O2. The van der Waals surface area contributed by atoms with E-state index in [1.807, 2.05) is 50.2 Å². The van der Waals surface area contributed by atoms with Gasteiger partial charge in [0.05, 0.1) is 6.42 Å². The van der Waals surface area contributed by atoms with Crippen LogP contribution in [0.4, 0.5) is 4.39 Å². The summed E-state index contributed by atoms with van der Waals surface area (Å²) in [6, 6.07) is 21.9. The summed E-state index contributed by atoms with van der Waals surface area (Å²) in [5.41, 5.74) is 2.37.